The lowest BCUT2D eigenvalue weighted by Crippen LogP contribution is -2.17. The molecule has 0 spiro atoms. The van der Waals surface area contributed by atoms with E-state index in [-0.39, 0.29) is 6.61 Å². The predicted octanol–water partition coefficient (Wildman–Crippen LogP) is 1.22. The molecule has 0 aromatic heterocycles. The van der Waals surface area contributed by atoms with Crippen molar-refractivity contribution in [2.75, 3.05) is 5.75 Å². The van der Waals surface area contributed by atoms with Gasteiger partial charge < -0.3 is 4.74 Å². The molecule has 0 saturated carbocycles. The zero-order valence-corrected chi connectivity index (χ0v) is 11.1. The monoisotopic (exact) mass is 356 g/mol. The fourth-order valence-electron chi connectivity index (χ4n) is 0.935. The number of hydrogen-bond donors (Lipinski definition) is 1. The molecule has 0 aliphatic carbocycles. The van der Waals surface area contributed by atoms with Gasteiger partial charge in [-0.25, -0.2) is 0 Å². The molecule has 88 valence electrons. The molecule has 0 amide bonds. The highest BCUT2D eigenvalue weighted by atomic mass is 127. The Balaban J connectivity index is 2.46. The van der Waals surface area contributed by atoms with Crippen LogP contribution in [0.15, 0.2) is 24.3 Å². The topological polar surface area (TPSA) is 80.7 Å². The molecule has 0 saturated heterocycles. The van der Waals surface area contributed by atoms with Gasteiger partial charge >= 0.3 is 5.97 Å². The summed E-state index contributed by atoms with van der Waals surface area (Å²) in [4.78, 5) is 10.9. The van der Waals surface area contributed by atoms with E-state index < -0.39 is 21.8 Å². The Bertz CT molecular complexity index is 465. The Morgan fingerprint density at radius 2 is 1.88 bits per heavy atom. The third-order valence-electron chi connectivity index (χ3n) is 1.61. The normalized spacial score (nSPS) is 11.1. The van der Waals surface area contributed by atoms with Crippen molar-refractivity contribution in [2.45, 2.75) is 6.61 Å². The SMILES string of the molecule is O=C(CS(=O)(=O)O)OCc1ccc(I)cc1. The van der Waals surface area contributed by atoms with Gasteiger partial charge in [0, 0.05) is 3.57 Å². The van der Waals surface area contributed by atoms with E-state index in [4.69, 9.17) is 4.55 Å². The summed E-state index contributed by atoms with van der Waals surface area (Å²) >= 11 is 2.14. The van der Waals surface area contributed by atoms with Crippen molar-refractivity contribution in [1.82, 2.24) is 0 Å². The molecule has 0 aliphatic heterocycles. The van der Waals surface area contributed by atoms with E-state index in [2.05, 4.69) is 27.3 Å². The molecule has 1 aromatic rings. The Labute approximate surface area is 107 Å². The van der Waals surface area contributed by atoms with Crippen molar-refractivity contribution >= 4 is 38.7 Å². The van der Waals surface area contributed by atoms with Crippen molar-refractivity contribution < 1.29 is 22.5 Å². The van der Waals surface area contributed by atoms with Crippen molar-refractivity contribution in [3.05, 3.63) is 33.4 Å². The predicted molar refractivity (Wildman–Crippen MR) is 65.4 cm³/mol. The molecule has 1 rings (SSSR count). The van der Waals surface area contributed by atoms with Gasteiger partial charge in [0.05, 0.1) is 0 Å². The van der Waals surface area contributed by atoms with Crippen LogP contribution in [0.1, 0.15) is 5.56 Å². The number of halogens is 1. The maximum atomic E-state index is 10.9. The molecule has 7 heteroatoms. The largest absolute Gasteiger partial charge is 0.460 e. The van der Waals surface area contributed by atoms with E-state index in [0.717, 1.165) is 9.13 Å². The zero-order valence-electron chi connectivity index (χ0n) is 8.09. The Morgan fingerprint density at radius 1 is 1.31 bits per heavy atom. The van der Waals surface area contributed by atoms with Crippen molar-refractivity contribution in [3.8, 4) is 0 Å². The van der Waals surface area contributed by atoms with Gasteiger partial charge in [-0.3, -0.25) is 9.35 Å². The molecule has 0 atom stereocenters. The number of hydrogen-bond acceptors (Lipinski definition) is 4. The van der Waals surface area contributed by atoms with Crippen molar-refractivity contribution in [2.24, 2.45) is 0 Å². The van der Waals surface area contributed by atoms with Crippen LogP contribution in [0.25, 0.3) is 0 Å². The number of carbonyl (C=O) groups excluding carboxylic acids is 1. The van der Waals surface area contributed by atoms with Crippen LogP contribution in [0, 0.1) is 3.57 Å². The fourth-order valence-corrected chi connectivity index (χ4v) is 1.68. The number of carbonyl (C=O) groups is 1. The van der Waals surface area contributed by atoms with E-state index in [1.165, 1.54) is 0 Å². The molecule has 1 aromatic carbocycles. The summed E-state index contributed by atoms with van der Waals surface area (Å²) < 4.78 is 34.8. The van der Waals surface area contributed by atoms with Crippen LogP contribution in [-0.2, 0) is 26.3 Å². The van der Waals surface area contributed by atoms with Crippen molar-refractivity contribution in [1.29, 1.82) is 0 Å². The maximum Gasteiger partial charge on any atom is 0.323 e. The lowest BCUT2D eigenvalue weighted by Gasteiger charge is -2.03. The summed E-state index contributed by atoms with van der Waals surface area (Å²) in [5.74, 6) is -1.99. The first-order valence-corrected chi connectivity index (χ1v) is 6.91. The highest BCUT2D eigenvalue weighted by Crippen LogP contribution is 2.07. The van der Waals surface area contributed by atoms with Crippen LogP contribution >= 0.6 is 22.6 Å². The van der Waals surface area contributed by atoms with Gasteiger partial charge in [-0.2, -0.15) is 8.42 Å². The molecule has 0 radical (unpaired) electrons. The summed E-state index contributed by atoms with van der Waals surface area (Å²) in [6, 6.07) is 7.21. The lowest BCUT2D eigenvalue weighted by atomic mass is 10.2. The van der Waals surface area contributed by atoms with Crippen LogP contribution < -0.4 is 0 Å². The summed E-state index contributed by atoms with van der Waals surface area (Å²) in [5, 5.41) is 0. The molecule has 16 heavy (non-hydrogen) atoms. The molecule has 5 nitrogen and oxygen atoms in total. The first-order valence-electron chi connectivity index (χ1n) is 4.22. The zero-order chi connectivity index (χ0) is 12.2. The summed E-state index contributed by atoms with van der Waals surface area (Å²) in [6.07, 6.45) is 0. The Morgan fingerprint density at radius 3 is 2.38 bits per heavy atom. The molecule has 1 N–H and O–H groups in total. The summed E-state index contributed by atoms with van der Waals surface area (Å²) in [6.45, 7) is -0.00866. The Kier molecular flexibility index (Phi) is 4.69. The van der Waals surface area contributed by atoms with E-state index in [0.29, 0.717) is 0 Å². The minimum absolute atomic E-state index is 0.00866. The third kappa shape index (κ3) is 5.42. The van der Waals surface area contributed by atoms with Crippen LogP contribution in [0.2, 0.25) is 0 Å². The van der Waals surface area contributed by atoms with Gasteiger partial charge in [-0.15, -0.1) is 0 Å². The second-order valence-electron chi connectivity index (χ2n) is 3.01. The Hall–Kier alpha value is -0.670. The van der Waals surface area contributed by atoms with Crippen molar-refractivity contribution in [3.63, 3.8) is 0 Å². The molecule has 0 fully saturated rings. The van der Waals surface area contributed by atoms with Gasteiger partial charge in [0.25, 0.3) is 10.1 Å². The standard InChI is InChI=1S/C9H9IO5S/c10-8-3-1-7(2-4-8)5-15-9(11)6-16(12,13)14/h1-4H,5-6H2,(H,12,13,14). The second kappa shape index (κ2) is 5.60. The highest BCUT2D eigenvalue weighted by molar-refractivity contribution is 14.1. The number of esters is 1. The van der Waals surface area contributed by atoms with Crippen LogP contribution in [0.3, 0.4) is 0 Å². The number of benzene rings is 1. The van der Waals surface area contributed by atoms with E-state index in [1.807, 2.05) is 12.1 Å². The fraction of sp³-hybridized carbons (Fsp3) is 0.222. The molecular weight excluding hydrogens is 347 g/mol. The van der Waals surface area contributed by atoms with Gasteiger partial charge in [0.15, 0.2) is 5.75 Å². The summed E-state index contributed by atoms with van der Waals surface area (Å²) in [5.41, 5.74) is 0.754. The average Bonchev–Trinajstić information content (AvgIpc) is 2.14. The number of ether oxygens (including phenoxy) is 1. The molecule has 0 heterocycles. The minimum Gasteiger partial charge on any atom is -0.460 e. The van der Waals surface area contributed by atoms with E-state index >= 15 is 0 Å². The maximum absolute atomic E-state index is 10.9. The molecular formula is C9H9IO5S. The molecule has 0 unspecified atom stereocenters. The van der Waals surface area contributed by atoms with Crippen LogP contribution in [0.4, 0.5) is 0 Å². The van der Waals surface area contributed by atoms with E-state index in [9.17, 15) is 13.2 Å². The van der Waals surface area contributed by atoms with Gasteiger partial charge in [0.1, 0.15) is 6.61 Å². The first-order chi connectivity index (χ1) is 7.37. The van der Waals surface area contributed by atoms with Gasteiger partial charge in [-0.05, 0) is 40.3 Å². The summed E-state index contributed by atoms with van der Waals surface area (Å²) in [7, 11) is -4.31. The second-order valence-corrected chi connectivity index (χ2v) is 5.71. The smallest absolute Gasteiger partial charge is 0.323 e. The van der Waals surface area contributed by atoms with Gasteiger partial charge in [-0.1, -0.05) is 12.1 Å². The minimum atomic E-state index is -4.31. The number of rotatable bonds is 4. The third-order valence-corrected chi connectivity index (χ3v) is 2.93. The quantitative estimate of drug-likeness (QED) is 0.499. The van der Waals surface area contributed by atoms with Crippen LogP contribution in [0.5, 0.6) is 0 Å². The average molecular weight is 356 g/mol. The van der Waals surface area contributed by atoms with Crippen LogP contribution in [-0.4, -0.2) is 24.7 Å². The molecule has 0 aliphatic rings. The first kappa shape index (κ1) is 13.4. The van der Waals surface area contributed by atoms with E-state index in [1.54, 1.807) is 12.1 Å². The van der Waals surface area contributed by atoms with Gasteiger partial charge in [0.2, 0.25) is 0 Å². The molecule has 0 bridgehead atoms. The highest BCUT2D eigenvalue weighted by Gasteiger charge is 2.13. The lowest BCUT2D eigenvalue weighted by molar-refractivity contribution is -0.141.